The second kappa shape index (κ2) is 6.74. The van der Waals surface area contributed by atoms with Crippen LogP contribution in [0, 0.1) is 10.1 Å². The van der Waals surface area contributed by atoms with Crippen molar-refractivity contribution in [2.45, 2.75) is 32.2 Å². The van der Waals surface area contributed by atoms with Crippen molar-refractivity contribution in [2.75, 3.05) is 6.61 Å². The molecule has 0 aliphatic heterocycles. The van der Waals surface area contributed by atoms with Gasteiger partial charge in [0.1, 0.15) is 6.42 Å². The summed E-state index contributed by atoms with van der Waals surface area (Å²) in [5.74, 6) is -2.27. The largest absolute Gasteiger partial charge is 0.481 e. The van der Waals surface area contributed by atoms with Crippen molar-refractivity contribution in [2.24, 2.45) is 0 Å². The normalized spacial score (nSPS) is 11.8. The minimum atomic E-state index is -1.31. The van der Waals surface area contributed by atoms with Gasteiger partial charge >= 0.3 is 11.9 Å². The molecule has 7 nitrogen and oxygen atoms in total. The van der Waals surface area contributed by atoms with Crippen LogP contribution < -0.4 is 0 Å². The molecular formula is C8H13NO6. The van der Waals surface area contributed by atoms with Gasteiger partial charge in [-0.15, -0.1) is 0 Å². The first-order valence-corrected chi connectivity index (χ1v) is 4.48. The summed E-state index contributed by atoms with van der Waals surface area (Å²) >= 11 is 0. The average molecular weight is 219 g/mol. The molecule has 0 aromatic heterocycles. The van der Waals surface area contributed by atoms with E-state index in [0.29, 0.717) is 12.8 Å². The van der Waals surface area contributed by atoms with Crippen LogP contribution in [0.2, 0.25) is 0 Å². The van der Waals surface area contributed by atoms with Crippen molar-refractivity contribution in [1.82, 2.24) is 0 Å². The van der Waals surface area contributed by atoms with Crippen LogP contribution in [0.5, 0.6) is 0 Å². The Morgan fingerprint density at radius 2 is 2.13 bits per heavy atom. The maximum Gasteiger partial charge on any atom is 0.317 e. The molecule has 0 aliphatic rings. The van der Waals surface area contributed by atoms with Gasteiger partial charge in [0.2, 0.25) is 6.04 Å². The summed E-state index contributed by atoms with van der Waals surface area (Å²) in [7, 11) is 0. The van der Waals surface area contributed by atoms with Crippen LogP contribution in [-0.4, -0.2) is 34.6 Å². The Morgan fingerprint density at radius 3 is 2.53 bits per heavy atom. The quantitative estimate of drug-likeness (QED) is 0.288. The summed E-state index contributed by atoms with van der Waals surface area (Å²) in [6, 6.07) is -0.951. The van der Waals surface area contributed by atoms with Crippen molar-refractivity contribution in [3.05, 3.63) is 10.1 Å². The topological polar surface area (TPSA) is 107 Å². The van der Waals surface area contributed by atoms with E-state index in [1.165, 1.54) is 0 Å². The molecule has 86 valence electrons. The van der Waals surface area contributed by atoms with Gasteiger partial charge in [0.05, 0.1) is 0 Å². The lowest BCUT2D eigenvalue weighted by molar-refractivity contribution is -0.526. The third kappa shape index (κ3) is 6.42. The number of ether oxygens (including phenoxy) is 1. The van der Waals surface area contributed by atoms with Gasteiger partial charge in [-0.2, -0.15) is 0 Å². The van der Waals surface area contributed by atoms with Gasteiger partial charge in [-0.1, -0.05) is 6.92 Å². The van der Waals surface area contributed by atoms with Crippen molar-refractivity contribution in [3.8, 4) is 0 Å². The molecule has 0 spiro atoms. The number of rotatable bonds is 7. The highest BCUT2D eigenvalue weighted by Crippen LogP contribution is 2.02. The molecule has 0 amide bonds. The van der Waals surface area contributed by atoms with E-state index >= 15 is 0 Å². The second-order valence-electron chi connectivity index (χ2n) is 2.98. The molecule has 7 heteroatoms. The zero-order valence-electron chi connectivity index (χ0n) is 8.34. The molecule has 0 rings (SSSR count). The average Bonchev–Trinajstić information content (AvgIpc) is 2.10. The molecule has 1 N–H and O–H groups in total. The molecule has 1 atom stereocenters. The van der Waals surface area contributed by atoms with Crippen LogP contribution in [-0.2, 0) is 14.3 Å². The van der Waals surface area contributed by atoms with Crippen molar-refractivity contribution in [3.63, 3.8) is 0 Å². The number of carboxylic acids is 1. The minimum absolute atomic E-state index is 0.299. The lowest BCUT2D eigenvalue weighted by Crippen LogP contribution is -2.27. The smallest absolute Gasteiger partial charge is 0.317 e. The number of carbonyl (C=O) groups is 2. The van der Waals surface area contributed by atoms with Crippen molar-refractivity contribution < 1.29 is 24.4 Å². The number of esters is 1. The van der Waals surface area contributed by atoms with E-state index < -0.39 is 29.3 Å². The van der Waals surface area contributed by atoms with Crippen LogP contribution >= 0.6 is 0 Å². The Hall–Kier alpha value is -1.66. The molecule has 0 radical (unpaired) electrons. The Bertz CT molecular complexity index is 252. The van der Waals surface area contributed by atoms with Gasteiger partial charge in [0.15, 0.2) is 6.61 Å². The molecule has 0 aromatic rings. The number of carbonyl (C=O) groups excluding carboxylic acids is 1. The van der Waals surface area contributed by atoms with E-state index in [1.807, 2.05) is 0 Å². The van der Waals surface area contributed by atoms with Crippen molar-refractivity contribution in [1.29, 1.82) is 0 Å². The highest BCUT2D eigenvalue weighted by atomic mass is 16.6. The van der Waals surface area contributed by atoms with Gasteiger partial charge in [-0.3, -0.25) is 19.7 Å². The molecule has 0 saturated heterocycles. The van der Waals surface area contributed by atoms with Crippen LogP contribution in [0.25, 0.3) is 0 Å². The zero-order chi connectivity index (χ0) is 11.8. The van der Waals surface area contributed by atoms with Crippen LogP contribution in [0.4, 0.5) is 0 Å². The summed E-state index contributed by atoms with van der Waals surface area (Å²) in [5.41, 5.74) is 0. The molecule has 1 unspecified atom stereocenters. The van der Waals surface area contributed by atoms with Crippen LogP contribution in [0.3, 0.4) is 0 Å². The van der Waals surface area contributed by atoms with E-state index in [2.05, 4.69) is 4.74 Å². The maximum absolute atomic E-state index is 10.8. The van der Waals surface area contributed by atoms with Crippen molar-refractivity contribution >= 4 is 11.9 Å². The fourth-order valence-corrected chi connectivity index (χ4v) is 0.946. The summed E-state index contributed by atoms with van der Waals surface area (Å²) in [4.78, 5) is 30.7. The van der Waals surface area contributed by atoms with Crippen LogP contribution in [0.1, 0.15) is 26.2 Å². The zero-order valence-corrected chi connectivity index (χ0v) is 8.34. The fourth-order valence-electron chi connectivity index (χ4n) is 0.946. The fraction of sp³-hybridized carbons (Fsp3) is 0.750. The highest BCUT2D eigenvalue weighted by Gasteiger charge is 2.21. The molecule has 0 aromatic carbocycles. The molecule has 0 fully saturated rings. The summed E-state index contributed by atoms with van der Waals surface area (Å²) < 4.78 is 4.47. The number of hydrogen-bond acceptors (Lipinski definition) is 5. The standard InChI is InChI=1S/C8H13NO6/c1-2-3-6(9(13)14)5-15-8(12)4-7(10)11/h6H,2-5H2,1H3,(H,10,11). The summed E-state index contributed by atoms with van der Waals surface area (Å²) in [6.45, 7) is 1.41. The number of hydrogen-bond donors (Lipinski definition) is 1. The lowest BCUT2D eigenvalue weighted by Gasteiger charge is -2.08. The predicted octanol–water partition coefficient (Wildman–Crippen LogP) is 0.450. The Morgan fingerprint density at radius 1 is 1.53 bits per heavy atom. The second-order valence-corrected chi connectivity index (χ2v) is 2.98. The first-order valence-electron chi connectivity index (χ1n) is 4.48. The van der Waals surface area contributed by atoms with Gasteiger partial charge in [-0.25, -0.2) is 0 Å². The molecule has 15 heavy (non-hydrogen) atoms. The number of carboxylic acid groups (broad SMARTS) is 1. The van der Waals surface area contributed by atoms with Gasteiger partial charge in [-0.05, 0) is 6.42 Å². The maximum atomic E-state index is 10.8. The number of nitro groups is 1. The van der Waals surface area contributed by atoms with E-state index in [-0.39, 0.29) is 6.61 Å². The number of nitrogens with zero attached hydrogens (tertiary/aromatic N) is 1. The van der Waals surface area contributed by atoms with E-state index in [9.17, 15) is 19.7 Å². The predicted molar refractivity (Wildman–Crippen MR) is 48.9 cm³/mol. The lowest BCUT2D eigenvalue weighted by atomic mass is 10.2. The monoisotopic (exact) mass is 219 g/mol. The molecular weight excluding hydrogens is 206 g/mol. The van der Waals surface area contributed by atoms with Gasteiger partial charge in [0, 0.05) is 11.3 Å². The Labute approximate surface area is 86.2 Å². The van der Waals surface area contributed by atoms with Crippen LogP contribution in [0.15, 0.2) is 0 Å². The number of aliphatic carboxylic acids is 1. The van der Waals surface area contributed by atoms with Gasteiger partial charge < -0.3 is 9.84 Å². The molecule has 0 aliphatic carbocycles. The summed E-state index contributed by atoms with van der Waals surface area (Å²) in [6.07, 6.45) is 0.131. The van der Waals surface area contributed by atoms with E-state index in [1.54, 1.807) is 6.92 Å². The SMILES string of the molecule is CCCC(COC(=O)CC(=O)O)[N+](=O)[O-]. The van der Waals surface area contributed by atoms with E-state index in [4.69, 9.17) is 5.11 Å². The molecule has 0 bridgehead atoms. The molecule has 0 saturated carbocycles. The summed E-state index contributed by atoms with van der Waals surface area (Å²) in [5, 5.41) is 18.6. The minimum Gasteiger partial charge on any atom is -0.481 e. The first-order chi connectivity index (χ1) is 6.97. The highest BCUT2D eigenvalue weighted by molar-refractivity contribution is 5.90. The van der Waals surface area contributed by atoms with Gasteiger partial charge in [0.25, 0.3) is 0 Å². The Kier molecular flexibility index (Phi) is 6.00. The third-order valence-corrected chi connectivity index (χ3v) is 1.65. The third-order valence-electron chi connectivity index (χ3n) is 1.65. The molecule has 0 heterocycles. The first kappa shape index (κ1) is 13.3. The van der Waals surface area contributed by atoms with E-state index in [0.717, 1.165) is 0 Å². The Balaban J connectivity index is 3.93.